The van der Waals surface area contributed by atoms with Crippen LogP contribution < -0.4 is 0 Å². The summed E-state index contributed by atoms with van der Waals surface area (Å²) in [6.07, 6.45) is 3.28. The molecular weight excluding hydrogens is 212 g/mol. The van der Waals surface area contributed by atoms with Crippen molar-refractivity contribution in [3.05, 3.63) is 48.0 Å². The van der Waals surface area contributed by atoms with Gasteiger partial charge < -0.3 is 4.74 Å². The lowest BCUT2D eigenvalue weighted by Gasteiger charge is -1.91. The van der Waals surface area contributed by atoms with E-state index in [-0.39, 0.29) is 12.6 Å². The second-order valence-corrected chi connectivity index (χ2v) is 3.09. The highest BCUT2D eigenvalue weighted by atomic mass is 16.5. The average Bonchev–Trinajstić information content (AvgIpc) is 2.33. The van der Waals surface area contributed by atoms with Gasteiger partial charge in [0.25, 0.3) is 0 Å². The van der Waals surface area contributed by atoms with Crippen LogP contribution in [0.1, 0.15) is 12.5 Å². The Labute approximate surface area is 101 Å². The van der Waals surface area contributed by atoms with Crippen molar-refractivity contribution in [1.29, 1.82) is 0 Å². The number of allylic oxidation sites excluding steroid dienone is 1. The zero-order chi connectivity index (χ0) is 12.3. The molecule has 0 aliphatic heterocycles. The molecule has 0 heterocycles. The van der Waals surface area contributed by atoms with Gasteiger partial charge in [-0.15, -0.1) is 0 Å². The number of carbonyl (C=O) groups excluding carboxylic acids is 1. The Morgan fingerprint density at radius 1 is 1.29 bits per heavy atom. The predicted octanol–water partition coefficient (Wildman–Crippen LogP) is 2.16. The fourth-order valence-electron chi connectivity index (χ4n) is 0.975. The van der Waals surface area contributed by atoms with Crippen LogP contribution in [-0.2, 0) is 9.53 Å². The standard InChI is InChI=1S/C15H12O2/c1-14(16)17-13-9-4-2-3-6-10-15-11-7-5-8-12-15/h4-5,7-9,11-12H,13H2,1H3/b9-4+. The molecule has 0 saturated carbocycles. The number of hydrogen-bond acceptors (Lipinski definition) is 2. The summed E-state index contributed by atoms with van der Waals surface area (Å²) in [5.41, 5.74) is 0.936. The van der Waals surface area contributed by atoms with Crippen LogP contribution in [0.3, 0.4) is 0 Å². The van der Waals surface area contributed by atoms with E-state index in [1.165, 1.54) is 6.92 Å². The summed E-state index contributed by atoms with van der Waals surface area (Å²) in [7, 11) is 0. The molecule has 1 rings (SSSR count). The summed E-state index contributed by atoms with van der Waals surface area (Å²) in [6.45, 7) is 1.61. The van der Waals surface area contributed by atoms with Crippen molar-refractivity contribution in [1.82, 2.24) is 0 Å². The molecule has 0 atom stereocenters. The van der Waals surface area contributed by atoms with E-state index in [0.29, 0.717) is 0 Å². The van der Waals surface area contributed by atoms with Crippen LogP contribution in [0, 0.1) is 23.7 Å². The van der Waals surface area contributed by atoms with Gasteiger partial charge in [0.1, 0.15) is 6.61 Å². The molecule has 2 nitrogen and oxygen atoms in total. The van der Waals surface area contributed by atoms with E-state index in [1.54, 1.807) is 12.2 Å². The van der Waals surface area contributed by atoms with Crippen LogP contribution in [0.4, 0.5) is 0 Å². The van der Waals surface area contributed by atoms with Crippen LogP contribution in [0.2, 0.25) is 0 Å². The molecule has 0 radical (unpaired) electrons. The van der Waals surface area contributed by atoms with Gasteiger partial charge in [-0.2, -0.15) is 0 Å². The van der Waals surface area contributed by atoms with Crippen molar-refractivity contribution < 1.29 is 9.53 Å². The monoisotopic (exact) mass is 224 g/mol. The van der Waals surface area contributed by atoms with Crippen molar-refractivity contribution in [2.75, 3.05) is 6.61 Å². The molecule has 1 aromatic carbocycles. The van der Waals surface area contributed by atoms with Gasteiger partial charge in [-0.1, -0.05) is 30.0 Å². The maximum absolute atomic E-state index is 10.4. The maximum Gasteiger partial charge on any atom is 0.302 e. The highest BCUT2D eigenvalue weighted by Gasteiger charge is 1.84. The molecule has 0 saturated heterocycles. The minimum Gasteiger partial charge on any atom is -0.462 e. The van der Waals surface area contributed by atoms with E-state index >= 15 is 0 Å². The minimum atomic E-state index is -0.300. The molecule has 17 heavy (non-hydrogen) atoms. The molecule has 0 fully saturated rings. The summed E-state index contributed by atoms with van der Waals surface area (Å²) in [5.74, 6) is 10.8. The van der Waals surface area contributed by atoms with Crippen LogP contribution >= 0.6 is 0 Å². The van der Waals surface area contributed by atoms with E-state index < -0.39 is 0 Å². The van der Waals surface area contributed by atoms with Gasteiger partial charge in [0.05, 0.1) is 0 Å². The first-order valence-corrected chi connectivity index (χ1v) is 5.14. The lowest BCUT2D eigenvalue weighted by Crippen LogP contribution is -1.96. The maximum atomic E-state index is 10.4. The van der Waals surface area contributed by atoms with Gasteiger partial charge in [-0.25, -0.2) is 0 Å². The van der Waals surface area contributed by atoms with Gasteiger partial charge in [0, 0.05) is 12.5 Å². The fourth-order valence-corrected chi connectivity index (χ4v) is 0.975. The van der Waals surface area contributed by atoms with Gasteiger partial charge >= 0.3 is 5.97 Å². The number of ether oxygens (including phenoxy) is 1. The van der Waals surface area contributed by atoms with E-state index in [9.17, 15) is 4.79 Å². The second kappa shape index (κ2) is 7.79. The molecule has 0 aliphatic carbocycles. The Morgan fingerprint density at radius 2 is 2.06 bits per heavy atom. The molecule has 0 N–H and O–H groups in total. The molecule has 0 spiro atoms. The highest BCUT2D eigenvalue weighted by Crippen LogP contribution is 1.93. The highest BCUT2D eigenvalue weighted by molar-refractivity contribution is 5.66. The predicted molar refractivity (Wildman–Crippen MR) is 66.9 cm³/mol. The van der Waals surface area contributed by atoms with Crippen molar-refractivity contribution >= 4 is 5.97 Å². The second-order valence-electron chi connectivity index (χ2n) is 3.09. The van der Waals surface area contributed by atoms with Crippen LogP contribution in [0.25, 0.3) is 0 Å². The largest absolute Gasteiger partial charge is 0.462 e. The molecular formula is C15H12O2. The van der Waals surface area contributed by atoms with Crippen LogP contribution in [0.15, 0.2) is 42.5 Å². The van der Waals surface area contributed by atoms with Crippen molar-refractivity contribution in [3.8, 4) is 23.7 Å². The topological polar surface area (TPSA) is 26.3 Å². The summed E-state index contributed by atoms with van der Waals surface area (Å²) in [5, 5.41) is 0. The summed E-state index contributed by atoms with van der Waals surface area (Å²) < 4.78 is 4.69. The first-order valence-electron chi connectivity index (χ1n) is 5.14. The normalized spacial score (nSPS) is 8.76. The Morgan fingerprint density at radius 3 is 2.76 bits per heavy atom. The van der Waals surface area contributed by atoms with Crippen molar-refractivity contribution in [2.45, 2.75) is 6.92 Å². The molecule has 0 bridgehead atoms. The Kier molecular flexibility index (Phi) is 5.78. The first kappa shape index (κ1) is 12.6. The third-order valence-electron chi connectivity index (χ3n) is 1.70. The smallest absolute Gasteiger partial charge is 0.302 e. The minimum absolute atomic E-state index is 0.246. The molecule has 1 aromatic rings. The van der Waals surface area contributed by atoms with Crippen LogP contribution in [-0.4, -0.2) is 12.6 Å². The Balaban J connectivity index is 2.37. The third kappa shape index (κ3) is 6.60. The zero-order valence-electron chi connectivity index (χ0n) is 9.57. The summed E-state index contributed by atoms with van der Waals surface area (Å²) in [4.78, 5) is 10.4. The molecule has 84 valence electrons. The molecule has 0 aromatic heterocycles. The third-order valence-corrected chi connectivity index (χ3v) is 1.70. The quantitative estimate of drug-likeness (QED) is 0.568. The summed E-state index contributed by atoms with van der Waals surface area (Å²) >= 11 is 0. The summed E-state index contributed by atoms with van der Waals surface area (Å²) in [6, 6.07) is 9.64. The van der Waals surface area contributed by atoms with E-state index in [2.05, 4.69) is 28.4 Å². The lowest BCUT2D eigenvalue weighted by molar-refractivity contribution is -0.139. The first-order chi connectivity index (χ1) is 8.29. The van der Waals surface area contributed by atoms with Gasteiger partial charge in [0.2, 0.25) is 0 Å². The Bertz CT molecular complexity index is 505. The van der Waals surface area contributed by atoms with Crippen LogP contribution in [0.5, 0.6) is 0 Å². The number of hydrogen-bond donors (Lipinski definition) is 0. The fraction of sp³-hybridized carbons (Fsp3) is 0.133. The van der Waals surface area contributed by atoms with Gasteiger partial charge in [0.15, 0.2) is 0 Å². The SMILES string of the molecule is CC(=O)OC/C=C/C#CC#Cc1ccccc1. The lowest BCUT2D eigenvalue weighted by atomic mass is 10.2. The molecule has 0 aliphatic rings. The molecule has 0 unspecified atom stereocenters. The zero-order valence-corrected chi connectivity index (χ0v) is 9.57. The van der Waals surface area contributed by atoms with Crippen molar-refractivity contribution in [2.24, 2.45) is 0 Å². The Hall–Kier alpha value is -2.45. The van der Waals surface area contributed by atoms with E-state index in [4.69, 9.17) is 0 Å². The van der Waals surface area contributed by atoms with E-state index in [1.807, 2.05) is 30.3 Å². The average molecular weight is 224 g/mol. The van der Waals surface area contributed by atoms with Crippen molar-refractivity contribution in [3.63, 3.8) is 0 Å². The number of esters is 1. The van der Waals surface area contributed by atoms with Gasteiger partial charge in [-0.3, -0.25) is 4.79 Å². The van der Waals surface area contributed by atoms with Gasteiger partial charge in [-0.05, 0) is 36.1 Å². The number of benzene rings is 1. The van der Waals surface area contributed by atoms with E-state index in [0.717, 1.165) is 5.56 Å². The number of rotatable bonds is 2. The molecule has 2 heteroatoms. The molecule has 0 amide bonds. The number of carbonyl (C=O) groups is 1.